The molecule has 0 fully saturated rings. The normalized spacial score (nSPS) is 12.0. The number of rotatable bonds is 5. The Morgan fingerprint density at radius 2 is 2.00 bits per heavy atom. The van der Waals surface area contributed by atoms with Crippen LogP contribution in [0.1, 0.15) is 16.7 Å². The number of hydrogen-bond donors (Lipinski definition) is 1. The number of benzene rings is 1. The van der Waals surface area contributed by atoms with E-state index in [0.29, 0.717) is 12.1 Å². The maximum absolute atomic E-state index is 12.4. The van der Waals surface area contributed by atoms with Gasteiger partial charge in [0.1, 0.15) is 4.21 Å². The molecule has 0 spiro atoms. The second kappa shape index (κ2) is 6.05. The Morgan fingerprint density at radius 3 is 2.60 bits per heavy atom. The fourth-order valence-electron chi connectivity index (χ4n) is 1.84. The van der Waals surface area contributed by atoms with Crippen LogP contribution in [-0.4, -0.2) is 24.9 Å². The van der Waals surface area contributed by atoms with Crippen LogP contribution < -0.4 is 0 Å². The molecule has 1 aromatic heterocycles. The van der Waals surface area contributed by atoms with Gasteiger partial charge in [0.15, 0.2) is 0 Å². The van der Waals surface area contributed by atoms with Gasteiger partial charge < -0.3 is 5.11 Å². The lowest BCUT2D eigenvalue weighted by molar-refractivity contribution is 0.282. The van der Waals surface area contributed by atoms with E-state index in [1.807, 2.05) is 31.2 Å². The zero-order valence-electron chi connectivity index (χ0n) is 11.4. The van der Waals surface area contributed by atoms with E-state index in [1.54, 1.807) is 12.4 Å². The molecule has 0 aliphatic rings. The zero-order chi connectivity index (χ0) is 14.8. The summed E-state index contributed by atoms with van der Waals surface area (Å²) in [5.74, 6) is 0. The van der Waals surface area contributed by atoms with Crippen molar-refractivity contribution in [3.8, 4) is 0 Å². The van der Waals surface area contributed by atoms with Crippen molar-refractivity contribution >= 4 is 21.4 Å². The lowest BCUT2D eigenvalue weighted by Gasteiger charge is -2.17. The van der Waals surface area contributed by atoms with Crippen LogP contribution in [0.3, 0.4) is 0 Å². The van der Waals surface area contributed by atoms with Gasteiger partial charge in [-0.1, -0.05) is 24.3 Å². The summed E-state index contributed by atoms with van der Waals surface area (Å²) in [6.07, 6.45) is 0. The van der Waals surface area contributed by atoms with Crippen LogP contribution in [0.5, 0.6) is 0 Å². The first kappa shape index (κ1) is 15.2. The molecule has 0 amide bonds. The summed E-state index contributed by atoms with van der Waals surface area (Å²) in [5, 5.41) is 10.7. The van der Waals surface area contributed by atoms with Crippen LogP contribution in [0.2, 0.25) is 0 Å². The lowest BCUT2D eigenvalue weighted by Crippen LogP contribution is -2.26. The molecule has 4 nitrogen and oxygen atoms in total. The van der Waals surface area contributed by atoms with E-state index in [4.69, 9.17) is 5.11 Å². The van der Waals surface area contributed by atoms with Gasteiger partial charge >= 0.3 is 0 Å². The Kier molecular flexibility index (Phi) is 4.59. The number of sulfonamides is 1. The van der Waals surface area contributed by atoms with Crippen LogP contribution in [0, 0.1) is 6.92 Å². The van der Waals surface area contributed by atoms with Crippen molar-refractivity contribution in [2.45, 2.75) is 24.3 Å². The van der Waals surface area contributed by atoms with E-state index >= 15 is 0 Å². The van der Waals surface area contributed by atoms with Crippen LogP contribution >= 0.6 is 11.3 Å². The van der Waals surface area contributed by atoms with Gasteiger partial charge in [0.25, 0.3) is 10.0 Å². The standard InChI is InChI=1S/C14H17NO3S2/c1-11-5-3-4-6-13(11)8-15(2)20(17,18)14-7-12(9-16)10-19-14/h3-7,10,16H,8-9H2,1-2H3. The van der Waals surface area contributed by atoms with Gasteiger partial charge in [0.05, 0.1) is 6.61 Å². The fraction of sp³-hybridized carbons (Fsp3) is 0.286. The monoisotopic (exact) mass is 311 g/mol. The van der Waals surface area contributed by atoms with Crippen LogP contribution in [0.25, 0.3) is 0 Å². The summed E-state index contributed by atoms with van der Waals surface area (Å²) >= 11 is 1.13. The second-order valence-electron chi connectivity index (χ2n) is 4.62. The minimum atomic E-state index is -3.50. The first-order valence-corrected chi connectivity index (χ1v) is 8.46. The molecule has 20 heavy (non-hydrogen) atoms. The molecule has 0 unspecified atom stereocenters. The number of aliphatic hydroxyl groups is 1. The number of aliphatic hydroxyl groups excluding tert-OH is 1. The predicted molar refractivity (Wildman–Crippen MR) is 80.1 cm³/mol. The quantitative estimate of drug-likeness (QED) is 0.922. The van der Waals surface area contributed by atoms with Crippen molar-refractivity contribution in [2.24, 2.45) is 0 Å². The maximum Gasteiger partial charge on any atom is 0.252 e. The highest BCUT2D eigenvalue weighted by molar-refractivity contribution is 7.91. The highest BCUT2D eigenvalue weighted by atomic mass is 32.2. The van der Waals surface area contributed by atoms with Crippen LogP contribution in [0.4, 0.5) is 0 Å². The van der Waals surface area contributed by atoms with E-state index in [1.165, 1.54) is 10.4 Å². The molecule has 0 saturated heterocycles. The molecule has 0 radical (unpaired) electrons. The van der Waals surface area contributed by atoms with Crippen molar-refractivity contribution in [3.05, 3.63) is 52.4 Å². The first-order valence-electron chi connectivity index (χ1n) is 6.14. The highest BCUT2D eigenvalue weighted by Crippen LogP contribution is 2.24. The number of aryl methyl sites for hydroxylation is 1. The minimum Gasteiger partial charge on any atom is -0.392 e. The average Bonchev–Trinajstić information content (AvgIpc) is 2.90. The number of nitrogens with zero attached hydrogens (tertiary/aromatic N) is 1. The van der Waals surface area contributed by atoms with E-state index in [0.717, 1.165) is 22.5 Å². The molecule has 108 valence electrons. The molecule has 2 rings (SSSR count). The van der Waals surface area contributed by atoms with Gasteiger partial charge in [-0.15, -0.1) is 11.3 Å². The molecule has 0 aliphatic carbocycles. The molecule has 1 aromatic carbocycles. The Labute approximate surface area is 123 Å². The average molecular weight is 311 g/mol. The fourth-order valence-corrected chi connectivity index (χ4v) is 4.40. The van der Waals surface area contributed by atoms with Gasteiger partial charge in [0, 0.05) is 13.6 Å². The second-order valence-corrected chi connectivity index (χ2v) is 7.80. The number of thiophene rings is 1. The summed E-state index contributed by atoms with van der Waals surface area (Å²) < 4.78 is 26.5. The van der Waals surface area contributed by atoms with Gasteiger partial charge in [-0.05, 0) is 35.1 Å². The number of hydrogen-bond acceptors (Lipinski definition) is 4. The summed E-state index contributed by atoms with van der Waals surface area (Å²) in [4.78, 5) is 0. The third-order valence-corrected chi connectivity index (χ3v) is 6.40. The minimum absolute atomic E-state index is 0.145. The summed E-state index contributed by atoms with van der Waals surface area (Å²) in [6, 6.07) is 9.24. The molecule has 2 aromatic rings. The van der Waals surface area contributed by atoms with Gasteiger partial charge in [0.2, 0.25) is 0 Å². The molecule has 6 heteroatoms. The molecule has 0 bridgehead atoms. The molecule has 0 saturated carbocycles. The molecule has 0 aliphatic heterocycles. The van der Waals surface area contributed by atoms with E-state index in [-0.39, 0.29) is 10.8 Å². The summed E-state index contributed by atoms with van der Waals surface area (Å²) in [5.41, 5.74) is 2.67. The molecule has 0 atom stereocenters. The largest absolute Gasteiger partial charge is 0.392 e. The topological polar surface area (TPSA) is 57.6 Å². The Hall–Kier alpha value is -1.21. The Bertz CT molecular complexity index is 692. The summed E-state index contributed by atoms with van der Waals surface area (Å²) in [6.45, 7) is 2.15. The molecular weight excluding hydrogens is 294 g/mol. The van der Waals surface area contributed by atoms with Crippen molar-refractivity contribution in [2.75, 3.05) is 7.05 Å². The van der Waals surface area contributed by atoms with Crippen molar-refractivity contribution in [3.63, 3.8) is 0 Å². The predicted octanol–water partition coefficient (Wildman–Crippen LogP) is 2.37. The maximum atomic E-state index is 12.4. The Morgan fingerprint density at radius 1 is 1.30 bits per heavy atom. The SMILES string of the molecule is Cc1ccccc1CN(C)S(=O)(=O)c1cc(CO)cs1. The van der Waals surface area contributed by atoms with Gasteiger partial charge in [-0.25, -0.2) is 8.42 Å². The smallest absolute Gasteiger partial charge is 0.252 e. The van der Waals surface area contributed by atoms with E-state index in [9.17, 15) is 8.42 Å². The van der Waals surface area contributed by atoms with E-state index < -0.39 is 10.0 Å². The third-order valence-electron chi connectivity index (χ3n) is 3.13. The van der Waals surface area contributed by atoms with Gasteiger partial charge in [-0.2, -0.15) is 4.31 Å². The zero-order valence-corrected chi connectivity index (χ0v) is 13.0. The van der Waals surface area contributed by atoms with Crippen molar-refractivity contribution in [1.29, 1.82) is 0 Å². The highest BCUT2D eigenvalue weighted by Gasteiger charge is 2.23. The molecule has 1 N–H and O–H groups in total. The van der Waals surface area contributed by atoms with E-state index in [2.05, 4.69) is 0 Å². The molecule has 1 heterocycles. The van der Waals surface area contributed by atoms with Crippen LogP contribution in [-0.2, 0) is 23.2 Å². The van der Waals surface area contributed by atoms with Crippen molar-refractivity contribution in [1.82, 2.24) is 4.31 Å². The lowest BCUT2D eigenvalue weighted by atomic mass is 10.1. The van der Waals surface area contributed by atoms with Crippen molar-refractivity contribution < 1.29 is 13.5 Å². The van der Waals surface area contributed by atoms with Gasteiger partial charge in [-0.3, -0.25) is 0 Å². The first-order chi connectivity index (χ1) is 9.45. The molecular formula is C14H17NO3S2. The van der Waals surface area contributed by atoms with Crippen LogP contribution in [0.15, 0.2) is 39.9 Å². The Balaban J connectivity index is 2.23. The third kappa shape index (κ3) is 3.09. The summed E-state index contributed by atoms with van der Waals surface area (Å²) in [7, 11) is -1.93.